The van der Waals surface area contributed by atoms with Gasteiger partial charge in [-0.05, 0) is 57.4 Å². The molecule has 0 saturated carbocycles. The quantitative estimate of drug-likeness (QED) is 0.336. The van der Waals surface area contributed by atoms with Crippen LogP contribution >= 0.6 is 62.3 Å². The third kappa shape index (κ3) is 2.82. The van der Waals surface area contributed by atoms with Crippen molar-refractivity contribution in [2.75, 3.05) is 5.33 Å². The molecule has 0 aliphatic carbocycles. The topological polar surface area (TPSA) is 20.2 Å². The van der Waals surface area contributed by atoms with Crippen LogP contribution < -0.4 is 0 Å². The Kier molecular flexibility index (Phi) is 4.80. The number of fused-ring (bicyclic) bond motifs is 3. The summed E-state index contributed by atoms with van der Waals surface area (Å²) in [5.41, 5.74) is 0.760. The smallest absolute Gasteiger partial charge is 0.0893 e. The molecule has 1 N–H and O–H groups in total. The highest BCUT2D eigenvalue weighted by atomic mass is 79.9. The van der Waals surface area contributed by atoms with E-state index in [1.165, 1.54) is 0 Å². The Morgan fingerprint density at radius 2 is 1.27 bits per heavy atom. The summed E-state index contributed by atoms with van der Waals surface area (Å²) in [6, 6.07) is 9.04. The van der Waals surface area contributed by atoms with Crippen LogP contribution in [0.1, 0.15) is 11.7 Å². The van der Waals surface area contributed by atoms with Gasteiger partial charge >= 0.3 is 0 Å². The largest absolute Gasteiger partial charge is 0.388 e. The van der Waals surface area contributed by atoms with E-state index in [2.05, 4.69) is 15.9 Å². The molecule has 0 aliphatic heterocycles. The van der Waals surface area contributed by atoms with E-state index in [0.29, 0.717) is 25.4 Å². The lowest BCUT2D eigenvalue weighted by atomic mass is 9.95. The summed E-state index contributed by atoms with van der Waals surface area (Å²) in [5.74, 6) is 0. The molecule has 3 aromatic rings. The molecule has 114 valence electrons. The summed E-state index contributed by atoms with van der Waals surface area (Å²) < 4.78 is 0. The Morgan fingerprint density at radius 1 is 0.773 bits per heavy atom. The molecular formula is C16H9BrCl4O. The van der Waals surface area contributed by atoms with Gasteiger partial charge in [-0.25, -0.2) is 0 Å². The fraction of sp³-hybridized carbons (Fsp3) is 0.125. The standard InChI is InChI=1S/C16H9BrCl4O/c17-6-16(22)11-1-7-2-12(18)13(19)3-8(7)9-4-14(20)15(21)5-10(9)11/h1-5,16,22H,6H2/t16-/m0/s1. The number of benzene rings is 3. The maximum absolute atomic E-state index is 10.3. The zero-order valence-electron chi connectivity index (χ0n) is 11.0. The number of hydrogen-bond acceptors (Lipinski definition) is 1. The van der Waals surface area contributed by atoms with Crippen LogP contribution in [0.2, 0.25) is 20.1 Å². The number of hydrogen-bond donors (Lipinski definition) is 1. The van der Waals surface area contributed by atoms with E-state index in [1.807, 2.05) is 6.07 Å². The predicted molar refractivity (Wildman–Crippen MR) is 100 cm³/mol. The van der Waals surface area contributed by atoms with Gasteiger partial charge in [-0.2, -0.15) is 0 Å². The maximum atomic E-state index is 10.3. The highest BCUT2D eigenvalue weighted by Crippen LogP contribution is 2.39. The van der Waals surface area contributed by atoms with Gasteiger partial charge in [0.25, 0.3) is 0 Å². The van der Waals surface area contributed by atoms with Crippen LogP contribution in [0.3, 0.4) is 0 Å². The van der Waals surface area contributed by atoms with Gasteiger partial charge in [0, 0.05) is 5.33 Å². The van der Waals surface area contributed by atoms with Gasteiger partial charge in [-0.3, -0.25) is 0 Å². The van der Waals surface area contributed by atoms with Crippen molar-refractivity contribution in [2.24, 2.45) is 0 Å². The highest BCUT2D eigenvalue weighted by Gasteiger charge is 2.16. The van der Waals surface area contributed by atoms with E-state index in [9.17, 15) is 5.11 Å². The minimum atomic E-state index is -0.668. The Hall–Kier alpha value is -0.220. The first-order valence-corrected chi connectivity index (χ1v) is 9.00. The van der Waals surface area contributed by atoms with Crippen LogP contribution in [0.15, 0.2) is 30.3 Å². The van der Waals surface area contributed by atoms with E-state index in [4.69, 9.17) is 46.4 Å². The molecule has 0 amide bonds. The van der Waals surface area contributed by atoms with Crippen LogP contribution in [-0.4, -0.2) is 10.4 Å². The van der Waals surface area contributed by atoms with E-state index < -0.39 is 6.10 Å². The molecule has 0 aliphatic rings. The second kappa shape index (κ2) is 6.35. The molecule has 0 heterocycles. The van der Waals surface area contributed by atoms with Crippen LogP contribution in [-0.2, 0) is 0 Å². The van der Waals surface area contributed by atoms with Crippen molar-refractivity contribution < 1.29 is 5.11 Å². The lowest BCUT2D eigenvalue weighted by Crippen LogP contribution is -2.00. The number of aliphatic hydroxyl groups excluding tert-OH is 1. The summed E-state index contributed by atoms with van der Waals surface area (Å²) >= 11 is 27.9. The summed E-state index contributed by atoms with van der Waals surface area (Å²) in [4.78, 5) is 0. The normalized spacial score (nSPS) is 13.0. The molecule has 0 saturated heterocycles. The minimum absolute atomic E-state index is 0.412. The first-order chi connectivity index (χ1) is 10.4. The first-order valence-electron chi connectivity index (χ1n) is 6.37. The Labute approximate surface area is 155 Å². The van der Waals surface area contributed by atoms with Crippen LogP contribution in [0.25, 0.3) is 21.5 Å². The molecule has 0 radical (unpaired) electrons. The lowest BCUT2D eigenvalue weighted by Gasteiger charge is -2.15. The van der Waals surface area contributed by atoms with Gasteiger partial charge in [0.2, 0.25) is 0 Å². The predicted octanol–water partition coefficient (Wildman–Crippen LogP) is 7.03. The molecule has 6 heteroatoms. The Bertz CT molecular complexity index is 895. The number of halogens is 5. The first kappa shape index (κ1) is 16.6. The van der Waals surface area contributed by atoms with Crippen molar-refractivity contribution in [1.29, 1.82) is 0 Å². The van der Waals surface area contributed by atoms with Crippen molar-refractivity contribution in [3.8, 4) is 0 Å². The SMILES string of the molecule is O[C@@H](CBr)c1cc2cc(Cl)c(Cl)cc2c2cc(Cl)c(Cl)cc12. The molecule has 22 heavy (non-hydrogen) atoms. The molecule has 1 atom stereocenters. The average Bonchev–Trinajstić information content (AvgIpc) is 2.49. The maximum Gasteiger partial charge on any atom is 0.0893 e. The monoisotopic (exact) mass is 436 g/mol. The molecule has 3 rings (SSSR count). The number of rotatable bonds is 2. The third-order valence-corrected chi connectivity index (χ3v) is 5.63. The van der Waals surface area contributed by atoms with Crippen molar-refractivity contribution in [3.63, 3.8) is 0 Å². The van der Waals surface area contributed by atoms with Crippen LogP contribution in [0.5, 0.6) is 0 Å². The van der Waals surface area contributed by atoms with Crippen molar-refractivity contribution >= 4 is 83.9 Å². The lowest BCUT2D eigenvalue weighted by molar-refractivity contribution is 0.207. The summed E-state index contributed by atoms with van der Waals surface area (Å²) in [7, 11) is 0. The van der Waals surface area contributed by atoms with Gasteiger partial charge in [0.15, 0.2) is 0 Å². The summed E-state index contributed by atoms with van der Waals surface area (Å²) in [6.07, 6.45) is -0.668. The van der Waals surface area contributed by atoms with Gasteiger partial charge < -0.3 is 5.11 Å². The molecule has 0 bridgehead atoms. The zero-order valence-corrected chi connectivity index (χ0v) is 15.6. The molecule has 0 fully saturated rings. The van der Waals surface area contributed by atoms with E-state index in [1.54, 1.807) is 24.3 Å². The number of alkyl halides is 1. The fourth-order valence-electron chi connectivity index (χ4n) is 2.53. The molecule has 0 aromatic heterocycles. The second-order valence-corrected chi connectivity index (χ2v) is 7.21. The van der Waals surface area contributed by atoms with Gasteiger partial charge in [0.05, 0.1) is 26.2 Å². The second-order valence-electron chi connectivity index (χ2n) is 4.94. The summed E-state index contributed by atoms with van der Waals surface area (Å²) in [6.45, 7) is 0. The van der Waals surface area contributed by atoms with E-state index >= 15 is 0 Å². The molecule has 0 spiro atoms. The van der Waals surface area contributed by atoms with Crippen molar-refractivity contribution in [1.82, 2.24) is 0 Å². The summed E-state index contributed by atoms with van der Waals surface area (Å²) in [5, 5.41) is 16.0. The van der Waals surface area contributed by atoms with Gasteiger partial charge in [-0.1, -0.05) is 62.3 Å². The van der Waals surface area contributed by atoms with Crippen LogP contribution in [0, 0.1) is 0 Å². The van der Waals surface area contributed by atoms with Gasteiger partial charge in [-0.15, -0.1) is 0 Å². The fourth-order valence-corrected chi connectivity index (χ4v) is 3.54. The number of aliphatic hydroxyl groups is 1. The highest BCUT2D eigenvalue weighted by molar-refractivity contribution is 9.09. The van der Waals surface area contributed by atoms with Crippen molar-refractivity contribution in [3.05, 3.63) is 56.0 Å². The third-order valence-electron chi connectivity index (χ3n) is 3.57. The van der Waals surface area contributed by atoms with Gasteiger partial charge in [0.1, 0.15) is 0 Å². The minimum Gasteiger partial charge on any atom is -0.388 e. The molecule has 1 nitrogen and oxygen atoms in total. The molecular weight excluding hydrogens is 430 g/mol. The molecule has 0 unspecified atom stereocenters. The molecule has 3 aromatic carbocycles. The zero-order chi connectivity index (χ0) is 16.0. The Balaban J connectivity index is 2.52. The van der Waals surface area contributed by atoms with E-state index in [-0.39, 0.29) is 0 Å². The Morgan fingerprint density at radius 3 is 1.86 bits per heavy atom. The van der Waals surface area contributed by atoms with Crippen molar-refractivity contribution in [2.45, 2.75) is 6.10 Å². The average molecular weight is 439 g/mol. The van der Waals surface area contributed by atoms with E-state index in [0.717, 1.165) is 27.1 Å². The van der Waals surface area contributed by atoms with Crippen LogP contribution in [0.4, 0.5) is 0 Å².